The summed E-state index contributed by atoms with van der Waals surface area (Å²) in [5, 5.41) is 6.26. The van der Waals surface area contributed by atoms with Gasteiger partial charge in [-0.1, -0.05) is 58.0 Å². The van der Waals surface area contributed by atoms with E-state index in [0.29, 0.717) is 6.54 Å². The fourth-order valence-electron chi connectivity index (χ4n) is 2.57. The van der Waals surface area contributed by atoms with E-state index in [1.54, 1.807) is 0 Å². The molecule has 0 heterocycles. The van der Waals surface area contributed by atoms with Gasteiger partial charge < -0.3 is 10.6 Å². The molecule has 120 valence electrons. The van der Waals surface area contributed by atoms with Crippen LogP contribution in [0.3, 0.4) is 0 Å². The molecule has 0 aromatic heterocycles. The number of benzene rings is 1. The van der Waals surface area contributed by atoms with E-state index < -0.39 is 0 Å². The second-order valence-electron chi connectivity index (χ2n) is 6.02. The number of hydrogen-bond donors (Lipinski definition) is 2. The number of hydrogen-bond acceptors (Lipinski definition) is 2. The van der Waals surface area contributed by atoms with Gasteiger partial charge in [-0.3, -0.25) is 4.79 Å². The van der Waals surface area contributed by atoms with Gasteiger partial charge in [0.25, 0.3) is 0 Å². The van der Waals surface area contributed by atoms with Crippen molar-refractivity contribution in [3.63, 3.8) is 0 Å². The summed E-state index contributed by atoms with van der Waals surface area (Å²) < 4.78 is 0. The molecule has 0 saturated carbocycles. The van der Waals surface area contributed by atoms with Crippen molar-refractivity contribution in [2.75, 3.05) is 13.6 Å². The lowest BCUT2D eigenvalue weighted by atomic mass is 9.76. The lowest BCUT2D eigenvalue weighted by Crippen LogP contribution is -2.49. The third kappa shape index (κ3) is 5.33. The summed E-state index contributed by atoms with van der Waals surface area (Å²) >= 11 is 0. The first-order valence-corrected chi connectivity index (χ1v) is 7.44. The Morgan fingerprint density at radius 2 is 1.81 bits per heavy atom. The van der Waals surface area contributed by atoms with Crippen LogP contribution in [0.5, 0.6) is 0 Å². The van der Waals surface area contributed by atoms with Gasteiger partial charge in [-0.2, -0.15) is 0 Å². The summed E-state index contributed by atoms with van der Waals surface area (Å²) in [6.07, 6.45) is 0.917. The Bertz CT molecular complexity index is 420. The van der Waals surface area contributed by atoms with Gasteiger partial charge in [0, 0.05) is 23.9 Å². The minimum Gasteiger partial charge on any atom is -0.352 e. The lowest BCUT2D eigenvalue weighted by molar-refractivity contribution is -0.125. The highest BCUT2D eigenvalue weighted by atomic mass is 35.5. The van der Waals surface area contributed by atoms with Crippen LogP contribution >= 0.6 is 12.4 Å². The van der Waals surface area contributed by atoms with Crippen molar-refractivity contribution in [3.05, 3.63) is 35.9 Å². The van der Waals surface area contributed by atoms with Crippen LogP contribution in [0.2, 0.25) is 0 Å². The molecule has 0 aliphatic carbocycles. The van der Waals surface area contributed by atoms with Gasteiger partial charge in [0.05, 0.1) is 0 Å². The molecule has 21 heavy (non-hydrogen) atoms. The summed E-state index contributed by atoms with van der Waals surface area (Å²) in [4.78, 5) is 12.2. The first kappa shape index (κ1) is 19.9. The normalized spacial score (nSPS) is 14.0. The Morgan fingerprint density at radius 3 is 2.29 bits per heavy atom. The third-order valence-corrected chi connectivity index (χ3v) is 4.07. The largest absolute Gasteiger partial charge is 0.352 e. The molecule has 2 unspecified atom stereocenters. The van der Waals surface area contributed by atoms with Crippen LogP contribution in [-0.4, -0.2) is 25.5 Å². The Hall–Kier alpha value is -1.06. The first-order valence-electron chi connectivity index (χ1n) is 7.44. The number of halogens is 1. The van der Waals surface area contributed by atoms with Gasteiger partial charge in [0.1, 0.15) is 0 Å². The molecule has 1 aromatic carbocycles. The molecule has 3 nitrogen and oxygen atoms in total. The predicted molar refractivity (Wildman–Crippen MR) is 92.0 cm³/mol. The SMILES string of the molecule is CCC(NC(=O)C(C)CNC)C(C)(C)c1ccccc1.Cl. The van der Waals surface area contributed by atoms with Crippen LogP contribution in [-0.2, 0) is 10.2 Å². The van der Waals surface area contributed by atoms with E-state index in [-0.39, 0.29) is 35.7 Å². The molecule has 0 aliphatic rings. The third-order valence-electron chi connectivity index (χ3n) is 4.07. The molecule has 1 rings (SSSR count). The van der Waals surface area contributed by atoms with E-state index in [9.17, 15) is 4.79 Å². The van der Waals surface area contributed by atoms with E-state index in [2.05, 4.69) is 55.7 Å². The molecule has 0 bridgehead atoms. The van der Waals surface area contributed by atoms with Gasteiger partial charge in [-0.25, -0.2) is 0 Å². The number of nitrogens with one attached hydrogen (secondary N) is 2. The predicted octanol–water partition coefficient (Wildman–Crippen LogP) is 3.14. The zero-order valence-corrected chi connectivity index (χ0v) is 14.6. The van der Waals surface area contributed by atoms with E-state index in [1.165, 1.54) is 5.56 Å². The van der Waals surface area contributed by atoms with E-state index >= 15 is 0 Å². The van der Waals surface area contributed by atoms with E-state index in [4.69, 9.17) is 0 Å². The maximum atomic E-state index is 12.2. The van der Waals surface area contributed by atoms with Gasteiger partial charge >= 0.3 is 0 Å². The molecule has 1 aromatic rings. The summed E-state index contributed by atoms with van der Waals surface area (Å²) in [6.45, 7) is 9.17. The Labute approximate surface area is 135 Å². The van der Waals surface area contributed by atoms with E-state index in [0.717, 1.165) is 6.42 Å². The second kappa shape index (κ2) is 9.06. The molecular weight excluding hydrogens is 284 g/mol. The van der Waals surface area contributed by atoms with Crippen molar-refractivity contribution >= 4 is 18.3 Å². The highest BCUT2D eigenvalue weighted by molar-refractivity contribution is 5.85. The number of carbonyl (C=O) groups excluding carboxylic acids is 1. The lowest BCUT2D eigenvalue weighted by Gasteiger charge is -2.35. The summed E-state index contributed by atoms with van der Waals surface area (Å²) in [6, 6.07) is 10.5. The van der Waals surface area contributed by atoms with Crippen LogP contribution in [0.15, 0.2) is 30.3 Å². The van der Waals surface area contributed by atoms with Gasteiger partial charge in [-0.05, 0) is 19.0 Å². The van der Waals surface area contributed by atoms with Crippen molar-refractivity contribution in [1.82, 2.24) is 10.6 Å². The summed E-state index contributed by atoms with van der Waals surface area (Å²) in [5.74, 6) is 0.107. The van der Waals surface area contributed by atoms with E-state index in [1.807, 2.05) is 20.0 Å². The number of carbonyl (C=O) groups is 1. The van der Waals surface area contributed by atoms with Crippen LogP contribution in [0.1, 0.15) is 39.7 Å². The zero-order valence-electron chi connectivity index (χ0n) is 13.8. The van der Waals surface area contributed by atoms with Crippen molar-refractivity contribution in [1.29, 1.82) is 0 Å². The molecule has 1 amide bonds. The molecule has 2 N–H and O–H groups in total. The highest BCUT2D eigenvalue weighted by Gasteiger charge is 2.31. The minimum absolute atomic E-state index is 0. The molecule has 2 atom stereocenters. The Kier molecular flexibility index (Phi) is 8.60. The average molecular weight is 313 g/mol. The molecule has 0 aliphatic heterocycles. The van der Waals surface area contributed by atoms with Gasteiger partial charge in [-0.15, -0.1) is 12.4 Å². The average Bonchev–Trinajstić information content (AvgIpc) is 2.45. The van der Waals surface area contributed by atoms with Crippen LogP contribution < -0.4 is 10.6 Å². The second-order valence-corrected chi connectivity index (χ2v) is 6.02. The first-order chi connectivity index (χ1) is 9.43. The van der Waals surface area contributed by atoms with Crippen molar-refractivity contribution in [2.45, 2.75) is 45.6 Å². The Balaban J connectivity index is 0.00000400. The summed E-state index contributed by atoms with van der Waals surface area (Å²) in [7, 11) is 1.87. The standard InChI is InChI=1S/C17H28N2O.ClH/c1-6-15(19-16(20)13(2)12-18-5)17(3,4)14-10-8-7-9-11-14;/h7-11,13,15,18H,6,12H2,1-5H3,(H,19,20);1H. The Morgan fingerprint density at radius 1 is 1.24 bits per heavy atom. The van der Waals surface area contributed by atoms with Crippen LogP contribution in [0.4, 0.5) is 0 Å². The maximum Gasteiger partial charge on any atom is 0.224 e. The molecule has 0 fully saturated rings. The van der Waals surface area contributed by atoms with Crippen molar-refractivity contribution in [3.8, 4) is 0 Å². The molecule has 0 radical (unpaired) electrons. The zero-order chi connectivity index (χ0) is 15.2. The topological polar surface area (TPSA) is 41.1 Å². The quantitative estimate of drug-likeness (QED) is 0.812. The molecule has 0 saturated heterocycles. The van der Waals surface area contributed by atoms with Gasteiger partial charge in [0.2, 0.25) is 5.91 Å². The fraction of sp³-hybridized carbons (Fsp3) is 0.588. The fourth-order valence-corrected chi connectivity index (χ4v) is 2.57. The molecular formula is C17H29ClN2O. The number of amides is 1. The monoisotopic (exact) mass is 312 g/mol. The number of rotatable bonds is 7. The van der Waals surface area contributed by atoms with Crippen molar-refractivity contribution in [2.24, 2.45) is 5.92 Å². The minimum atomic E-state index is -0.0783. The molecule has 4 heteroatoms. The van der Waals surface area contributed by atoms with Crippen LogP contribution in [0.25, 0.3) is 0 Å². The van der Waals surface area contributed by atoms with Gasteiger partial charge in [0.15, 0.2) is 0 Å². The van der Waals surface area contributed by atoms with Crippen LogP contribution in [0, 0.1) is 5.92 Å². The summed E-state index contributed by atoms with van der Waals surface area (Å²) in [5.41, 5.74) is 1.18. The highest BCUT2D eigenvalue weighted by Crippen LogP contribution is 2.28. The smallest absolute Gasteiger partial charge is 0.224 e. The molecule has 0 spiro atoms. The van der Waals surface area contributed by atoms with Crippen molar-refractivity contribution < 1.29 is 4.79 Å². The maximum absolute atomic E-state index is 12.2.